The molecule has 8 heteroatoms. The average Bonchev–Trinajstić information content (AvgIpc) is 3.29. The third-order valence-electron chi connectivity index (χ3n) is 4.95. The highest BCUT2D eigenvalue weighted by Gasteiger charge is 2.25. The molecule has 0 unspecified atom stereocenters. The second-order valence-electron chi connectivity index (χ2n) is 7.07. The van der Waals surface area contributed by atoms with Crippen molar-refractivity contribution in [3.8, 4) is 5.69 Å². The molecule has 0 saturated heterocycles. The van der Waals surface area contributed by atoms with Gasteiger partial charge in [0, 0.05) is 28.7 Å². The standard InChI is InChI=1S/C20H23BrN6O/c1-13-23-18(25-24-13)10-5-11-22-20(28)19-16-8-2-3-9-17(16)27(26-19)15-7-4-6-14(21)12-15/h4,6-7,12H,2-3,5,8-11H2,1H3,(H,22,28)(H,23,24,25). The number of carbonyl (C=O) groups excluding carboxylic acids is 1. The number of benzene rings is 1. The molecule has 4 rings (SSSR count). The van der Waals surface area contributed by atoms with Crippen molar-refractivity contribution in [1.82, 2.24) is 30.3 Å². The number of aryl methyl sites for hydroxylation is 2. The molecule has 0 fully saturated rings. The lowest BCUT2D eigenvalue weighted by Gasteiger charge is -2.14. The molecule has 0 atom stereocenters. The predicted molar refractivity (Wildman–Crippen MR) is 110 cm³/mol. The Morgan fingerprint density at radius 2 is 2.18 bits per heavy atom. The number of carbonyl (C=O) groups is 1. The molecule has 7 nitrogen and oxygen atoms in total. The fourth-order valence-corrected chi connectivity index (χ4v) is 4.02. The van der Waals surface area contributed by atoms with Gasteiger partial charge in [0.05, 0.1) is 5.69 Å². The highest BCUT2D eigenvalue weighted by molar-refractivity contribution is 9.10. The Bertz CT molecular complexity index is 992. The molecule has 28 heavy (non-hydrogen) atoms. The largest absolute Gasteiger partial charge is 0.351 e. The molecule has 2 aromatic heterocycles. The van der Waals surface area contributed by atoms with E-state index in [1.54, 1.807) is 0 Å². The zero-order chi connectivity index (χ0) is 19.5. The number of amides is 1. The van der Waals surface area contributed by atoms with E-state index in [0.717, 1.165) is 71.6 Å². The molecular formula is C20H23BrN6O. The molecule has 0 saturated carbocycles. The summed E-state index contributed by atoms with van der Waals surface area (Å²) in [6.07, 6.45) is 5.60. The van der Waals surface area contributed by atoms with Gasteiger partial charge in [-0.15, -0.1) is 0 Å². The maximum absolute atomic E-state index is 12.8. The van der Waals surface area contributed by atoms with Gasteiger partial charge in [-0.25, -0.2) is 9.67 Å². The zero-order valence-electron chi connectivity index (χ0n) is 15.8. The maximum Gasteiger partial charge on any atom is 0.272 e. The van der Waals surface area contributed by atoms with Crippen LogP contribution in [0.5, 0.6) is 0 Å². The summed E-state index contributed by atoms with van der Waals surface area (Å²) in [6, 6.07) is 8.03. The van der Waals surface area contributed by atoms with E-state index in [2.05, 4.69) is 36.4 Å². The first kappa shape index (κ1) is 18.9. The first-order valence-electron chi connectivity index (χ1n) is 9.64. The fraction of sp³-hybridized carbons (Fsp3) is 0.400. The van der Waals surface area contributed by atoms with Gasteiger partial charge in [-0.3, -0.25) is 9.89 Å². The Hall–Kier alpha value is -2.48. The Balaban J connectivity index is 1.48. The Labute approximate surface area is 172 Å². The molecule has 2 N–H and O–H groups in total. The Morgan fingerprint density at radius 1 is 1.32 bits per heavy atom. The van der Waals surface area contributed by atoms with Crippen LogP contribution in [-0.2, 0) is 19.3 Å². The molecule has 2 heterocycles. The molecule has 0 spiro atoms. The summed E-state index contributed by atoms with van der Waals surface area (Å²) in [7, 11) is 0. The predicted octanol–water partition coefficient (Wildman–Crippen LogP) is 3.30. The van der Waals surface area contributed by atoms with Crippen molar-refractivity contribution < 1.29 is 4.79 Å². The normalized spacial score (nSPS) is 13.4. The van der Waals surface area contributed by atoms with Crippen LogP contribution in [0.25, 0.3) is 5.69 Å². The van der Waals surface area contributed by atoms with Crippen molar-refractivity contribution in [2.45, 2.75) is 45.4 Å². The summed E-state index contributed by atoms with van der Waals surface area (Å²) in [6.45, 7) is 2.45. The summed E-state index contributed by atoms with van der Waals surface area (Å²) < 4.78 is 2.93. The van der Waals surface area contributed by atoms with Crippen LogP contribution in [-0.4, -0.2) is 37.4 Å². The molecule has 1 aliphatic rings. The van der Waals surface area contributed by atoms with E-state index >= 15 is 0 Å². The Kier molecular flexibility index (Phi) is 5.57. The molecule has 3 aromatic rings. The van der Waals surface area contributed by atoms with E-state index in [9.17, 15) is 4.79 Å². The van der Waals surface area contributed by atoms with Gasteiger partial charge in [0.1, 0.15) is 5.82 Å². The number of aromatic nitrogens is 5. The van der Waals surface area contributed by atoms with Crippen LogP contribution < -0.4 is 5.32 Å². The van der Waals surface area contributed by atoms with E-state index in [1.165, 1.54) is 0 Å². The molecular weight excluding hydrogens is 420 g/mol. The fourth-order valence-electron chi connectivity index (χ4n) is 3.64. The highest BCUT2D eigenvalue weighted by atomic mass is 79.9. The number of halogens is 1. The van der Waals surface area contributed by atoms with Gasteiger partial charge in [-0.2, -0.15) is 10.2 Å². The zero-order valence-corrected chi connectivity index (χ0v) is 17.4. The molecule has 1 amide bonds. The summed E-state index contributed by atoms with van der Waals surface area (Å²) in [5.41, 5.74) is 3.79. The van der Waals surface area contributed by atoms with E-state index in [4.69, 9.17) is 5.10 Å². The van der Waals surface area contributed by atoms with Crippen LogP contribution in [0, 0.1) is 6.92 Å². The van der Waals surface area contributed by atoms with Gasteiger partial charge in [-0.1, -0.05) is 22.0 Å². The van der Waals surface area contributed by atoms with Crippen LogP contribution >= 0.6 is 15.9 Å². The second-order valence-corrected chi connectivity index (χ2v) is 7.98. The van der Waals surface area contributed by atoms with Crippen molar-refractivity contribution in [1.29, 1.82) is 0 Å². The number of hydrogen-bond donors (Lipinski definition) is 2. The van der Waals surface area contributed by atoms with Crippen LogP contribution in [0.15, 0.2) is 28.7 Å². The third kappa shape index (κ3) is 4.01. The quantitative estimate of drug-likeness (QED) is 0.573. The van der Waals surface area contributed by atoms with Gasteiger partial charge in [0.2, 0.25) is 0 Å². The third-order valence-corrected chi connectivity index (χ3v) is 5.45. The summed E-state index contributed by atoms with van der Waals surface area (Å²) >= 11 is 3.52. The monoisotopic (exact) mass is 442 g/mol. The minimum atomic E-state index is -0.0990. The van der Waals surface area contributed by atoms with Crippen LogP contribution in [0.1, 0.15) is 52.7 Å². The first-order chi connectivity index (χ1) is 13.6. The number of aromatic amines is 1. The molecule has 0 radical (unpaired) electrons. The number of nitrogens with zero attached hydrogens (tertiary/aromatic N) is 4. The average molecular weight is 443 g/mol. The number of hydrogen-bond acceptors (Lipinski definition) is 4. The lowest BCUT2D eigenvalue weighted by molar-refractivity contribution is 0.0946. The number of fused-ring (bicyclic) bond motifs is 1. The van der Waals surface area contributed by atoms with Crippen molar-refractivity contribution in [2.24, 2.45) is 0 Å². The van der Waals surface area contributed by atoms with Crippen molar-refractivity contribution in [2.75, 3.05) is 6.54 Å². The van der Waals surface area contributed by atoms with Crippen molar-refractivity contribution in [3.05, 3.63) is 57.3 Å². The summed E-state index contributed by atoms with van der Waals surface area (Å²) in [4.78, 5) is 17.1. The van der Waals surface area contributed by atoms with E-state index in [-0.39, 0.29) is 5.91 Å². The molecule has 0 aliphatic heterocycles. The smallest absolute Gasteiger partial charge is 0.272 e. The van der Waals surface area contributed by atoms with E-state index in [1.807, 2.05) is 35.9 Å². The number of H-pyrrole nitrogens is 1. The van der Waals surface area contributed by atoms with Gasteiger partial charge >= 0.3 is 0 Å². The summed E-state index contributed by atoms with van der Waals surface area (Å²) in [5, 5.41) is 14.7. The topological polar surface area (TPSA) is 88.5 Å². The lowest BCUT2D eigenvalue weighted by atomic mass is 9.95. The SMILES string of the molecule is Cc1nc(CCCNC(=O)c2nn(-c3cccc(Br)c3)c3c2CCCC3)n[nH]1. The number of nitrogens with one attached hydrogen (secondary N) is 2. The van der Waals surface area contributed by atoms with Crippen molar-refractivity contribution >= 4 is 21.8 Å². The molecule has 1 aromatic carbocycles. The molecule has 0 bridgehead atoms. The summed E-state index contributed by atoms with van der Waals surface area (Å²) in [5.74, 6) is 1.49. The molecule has 1 aliphatic carbocycles. The van der Waals surface area contributed by atoms with E-state index in [0.29, 0.717) is 12.2 Å². The van der Waals surface area contributed by atoms with Crippen molar-refractivity contribution in [3.63, 3.8) is 0 Å². The number of rotatable bonds is 6. The highest BCUT2D eigenvalue weighted by Crippen LogP contribution is 2.27. The lowest BCUT2D eigenvalue weighted by Crippen LogP contribution is -2.26. The van der Waals surface area contributed by atoms with Crippen LogP contribution in [0.3, 0.4) is 0 Å². The van der Waals surface area contributed by atoms with E-state index < -0.39 is 0 Å². The minimum Gasteiger partial charge on any atom is -0.351 e. The van der Waals surface area contributed by atoms with Crippen LogP contribution in [0.2, 0.25) is 0 Å². The van der Waals surface area contributed by atoms with Gasteiger partial charge < -0.3 is 5.32 Å². The maximum atomic E-state index is 12.8. The minimum absolute atomic E-state index is 0.0990. The van der Waals surface area contributed by atoms with Crippen LogP contribution in [0.4, 0.5) is 0 Å². The van der Waals surface area contributed by atoms with Gasteiger partial charge in [0.25, 0.3) is 5.91 Å². The Morgan fingerprint density at radius 3 is 2.96 bits per heavy atom. The van der Waals surface area contributed by atoms with Gasteiger partial charge in [-0.05, 0) is 57.2 Å². The first-order valence-corrected chi connectivity index (χ1v) is 10.4. The van der Waals surface area contributed by atoms with Gasteiger partial charge in [0.15, 0.2) is 11.5 Å². The molecule has 146 valence electrons. The second kappa shape index (κ2) is 8.26.